The van der Waals surface area contributed by atoms with E-state index in [4.69, 9.17) is 11.6 Å². The first-order chi connectivity index (χ1) is 9.16. The van der Waals surface area contributed by atoms with Gasteiger partial charge >= 0.3 is 0 Å². The van der Waals surface area contributed by atoms with Crippen LogP contribution in [0.2, 0.25) is 5.15 Å². The molecular formula is C13H14ClN5. The highest BCUT2D eigenvalue weighted by Gasteiger charge is 2.43. The summed E-state index contributed by atoms with van der Waals surface area (Å²) in [4.78, 5) is 8.08. The smallest absolute Gasteiger partial charge is 0.152 e. The molecule has 0 spiro atoms. The number of nitrogens with zero attached hydrogens (tertiary/aromatic N) is 5. The van der Waals surface area contributed by atoms with E-state index in [9.17, 15) is 0 Å². The van der Waals surface area contributed by atoms with Crippen LogP contribution < -0.4 is 4.90 Å². The number of fused-ring (bicyclic) bond motifs is 3. The molecule has 0 bridgehead atoms. The molecule has 2 aliphatic rings. The number of aromatic nitrogens is 4. The lowest BCUT2D eigenvalue weighted by molar-refractivity contribution is 0.555. The number of hydrogen-bond acceptors (Lipinski definition) is 4. The van der Waals surface area contributed by atoms with Gasteiger partial charge in [0.05, 0.1) is 11.7 Å². The van der Waals surface area contributed by atoms with Crippen molar-refractivity contribution < 1.29 is 0 Å². The van der Waals surface area contributed by atoms with Crippen LogP contribution >= 0.6 is 11.6 Å². The fourth-order valence-electron chi connectivity index (χ4n) is 3.04. The van der Waals surface area contributed by atoms with Gasteiger partial charge in [0.15, 0.2) is 5.15 Å². The molecule has 6 heteroatoms. The largest absolute Gasteiger partial charge is 0.362 e. The van der Waals surface area contributed by atoms with Gasteiger partial charge in [-0.25, -0.2) is 4.98 Å². The normalized spacial score (nSPS) is 21.2. The summed E-state index contributed by atoms with van der Waals surface area (Å²) in [5.41, 5.74) is 4.04. The lowest BCUT2D eigenvalue weighted by atomic mass is 9.95. The second-order valence-electron chi connectivity index (χ2n) is 5.31. The molecule has 4 rings (SSSR count). The van der Waals surface area contributed by atoms with Crippen LogP contribution in [0.15, 0.2) is 12.3 Å². The Kier molecular flexibility index (Phi) is 2.18. The zero-order valence-electron chi connectivity index (χ0n) is 10.8. The summed E-state index contributed by atoms with van der Waals surface area (Å²) in [5, 5.41) is 9.64. The quantitative estimate of drug-likeness (QED) is 0.750. The van der Waals surface area contributed by atoms with Crippen LogP contribution in [0.3, 0.4) is 0 Å². The number of halogens is 1. The van der Waals surface area contributed by atoms with Gasteiger partial charge in [0.1, 0.15) is 11.4 Å². The number of hydrogen-bond donors (Lipinski definition) is 0. The molecule has 19 heavy (non-hydrogen) atoms. The van der Waals surface area contributed by atoms with E-state index >= 15 is 0 Å². The summed E-state index contributed by atoms with van der Waals surface area (Å²) in [5.74, 6) is 0.657. The molecule has 1 aliphatic carbocycles. The van der Waals surface area contributed by atoms with Crippen LogP contribution in [0.25, 0.3) is 11.3 Å². The summed E-state index contributed by atoms with van der Waals surface area (Å²) in [6, 6.07) is 2.24. The van der Waals surface area contributed by atoms with E-state index in [1.54, 1.807) is 11.0 Å². The SMILES string of the molecule is CN1c2c(ccnc2Cl)-c2nn(C)nc2C1C1CC1. The van der Waals surface area contributed by atoms with Gasteiger partial charge in [-0.05, 0) is 24.8 Å². The Bertz CT molecular complexity index is 661. The van der Waals surface area contributed by atoms with Crippen molar-refractivity contribution in [1.29, 1.82) is 0 Å². The average molecular weight is 276 g/mol. The minimum absolute atomic E-state index is 0.276. The molecule has 0 aromatic carbocycles. The molecule has 1 saturated carbocycles. The maximum absolute atomic E-state index is 6.29. The van der Waals surface area contributed by atoms with Crippen molar-refractivity contribution in [1.82, 2.24) is 20.0 Å². The first kappa shape index (κ1) is 11.2. The monoisotopic (exact) mass is 275 g/mol. The van der Waals surface area contributed by atoms with Crippen molar-refractivity contribution in [2.45, 2.75) is 18.9 Å². The van der Waals surface area contributed by atoms with E-state index in [-0.39, 0.29) is 6.04 Å². The van der Waals surface area contributed by atoms with Crippen molar-refractivity contribution >= 4 is 17.3 Å². The topological polar surface area (TPSA) is 46.8 Å². The molecule has 3 heterocycles. The molecular weight excluding hydrogens is 262 g/mol. The Hall–Kier alpha value is -1.62. The highest BCUT2D eigenvalue weighted by Crippen LogP contribution is 2.52. The van der Waals surface area contributed by atoms with Gasteiger partial charge in [-0.2, -0.15) is 15.0 Å². The van der Waals surface area contributed by atoms with Gasteiger partial charge in [0, 0.05) is 25.9 Å². The van der Waals surface area contributed by atoms with Crippen LogP contribution in [0.5, 0.6) is 0 Å². The summed E-state index contributed by atoms with van der Waals surface area (Å²) < 4.78 is 0. The van der Waals surface area contributed by atoms with Gasteiger partial charge in [0.2, 0.25) is 0 Å². The lowest BCUT2D eigenvalue weighted by Gasteiger charge is -2.34. The third kappa shape index (κ3) is 1.51. The van der Waals surface area contributed by atoms with Crippen molar-refractivity contribution in [2.75, 3.05) is 11.9 Å². The fraction of sp³-hybridized carbons (Fsp3) is 0.462. The van der Waals surface area contributed by atoms with Gasteiger partial charge in [-0.15, -0.1) is 0 Å². The van der Waals surface area contributed by atoms with E-state index in [1.807, 2.05) is 13.1 Å². The second-order valence-corrected chi connectivity index (χ2v) is 5.67. The lowest BCUT2D eigenvalue weighted by Crippen LogP contribution is -2.30. The molecule has 5 nitrogen and oxygen atoms in total. The molecule has 0 amide bonds. The van der Waals surface area contributed by atoms with Gasteiger partial charge in [0.25, 0.3) is 0 Å². The minimum atomic E-state index is 0.276. The highest BCUT2D eigenvalue weighted by atomic mass is 35.5. The molecule has 1 fully saturated rings. The molecule has 2 aromatic rings. The predicted octanol–water partition coefficient (Wildman–Crippen LogP) is 2.43. The molecule has 1 unspecified atom stereocenters. The Morgan fingerprint density at radius 2 is 2.05 bits per heavy atom. The summed E-state index contributed by atoms with van der Waals surface area (Å²) in [6.07, 6.45) is 4.22. The van der Waals surface area contributed by atoms with E-state index in [2.05, 4.69) is 27.1 Å². The molecule has 1 aliphatic heterocycles. The predicted molar refractivity (Wildman–Crippen MR) is 73.1 cm³/mol. The number of anilines is 1. The fourth-order valence-corrected chi connectivity index (χ4v) is 3.33. The number of pyridine rings is 1. The highest BCUT2D eigenvalue weighted by molar-refractivity contribution is 6.32. The first-order valence-corrected chi connectivity index (χ1v) is 6.83. The van der Waals surface area contributed by atoms with E-state index in [0.29, 0.717) is 11.1 Å². The maximum atomic E-state index is 6.29. The standard InChI is InChI=1S/C13H14ClN5/c1-18-11(7-3-4-7)10-9(16-19(2)17-10)8-5-6-15-13(14)12(8)18/h5-7,11H,3-4H2,1-2H3. The minimum Gasteiger partial charge on any atom is -0.362 e. The van der Waals surface area contributed by atoms with Crippen molar-refractivity contribution in [2.24, 2.45) is 13.0 Å². The third-order valence-electron chi connectivity index (χ3n) is 3.99. The average Bonchev–Trinajstić information content (AvgIpc) is 3.11. The van der Waals surface area contributed by atoms with Gasteiger partial charge in [-0.1, -0.05) is 11.6 Å². The van der Waals surface area contributed by atoms with Crippen LogP contribution in [0, 0.1) is 5.92 Å². The van der Waals surface area contributed by atoms with Gasteiger partial charge < -0.3 is 4.90 Å². The summed E-state index contributed by atoms with van der Waals surface area (Å²) in [6.45, 7) is 0. The first-order valence-electron chi connectivity index (χ1n) is 6.45. The van der Waals surface area contributed by atoms with Crippen LogP contribution in [0.4, 0.5) is 5.69 Å². The number of aryl methyl sites for hydroxylation is 1. The van der Waals surface area contributed by atoms with Crippen LogP contribution in [0.1, 0.15) is 24.6 Å². The van der Waals surface area contributed by atoms with Crippen molar-refractivity contribution in [3.63, 3.8) is 0 Å². The molecule has 98 valence electrons. The zero-order chi connectivity index (χ0) is 13.1. The third-order valence-corrected chi connectivity index (χ3v) is 4.27. The van der Waals surface area contributed by atoms with Crippen LogP contribution in [-0.4, -0.2) is 27.0 Å². The van der Waals surface area contributed by atoms with Crippen molar-refractivity contribution in [3.8, 4) is 11.3 Å². The number of rotatable bonds is 1. The Balaban J connectivity index is 2.00. The van der Waals surface area contributed by atoms with E-state index in [0.717, 1.165) is 22.6 Å². The Morgan fingerprint density at radius 3 is 2.79 bits per heavy atom. The molecule has 0 N–H and O–H groups in total. The molecule has 0 saturated heterocycles. The second kappa shape index (κ2) is 3.70. The Morgan fingerprint density at radius 1 is 1.26 bits per heavy atom. The van der Waals surface area contributed by atoms with Crippen LogP contribution in [-0.2, 0) is 7.05 Å². The van der Waals surface area contributed by atoms with Gasteiger partial charge in [-0.3, -0.25) is 0 Å². The zero-order valence-corrected chi connectivity index (χ0v) is 11.6. The Labute approximate surface area is 116 Å². The van der Waals surface area contributed by atoms with Crippen molar-refractivity contribution in [3.05, 3.63) is 23.1 Å². The summed E-state index contributed by atoms with van der Waals surface area (Å²) in [7, 11) is 3.94. The maximum Gasteiger partial charge on any atom is 0.152 e. The molecule has 0 radical (unpaired) electrons. The summed E-state index contributed by atoms with van der Waals surface area (Å²) >= 11 is 6.29. The van der Waals surface area contributed by atoms with E-state index in [1.165, 1.54) is 12.8 Å². The molecule has 1 atom stereocenters. The molecule has 2 aromatic heterocycles. The van der Waals surface area contributed by atoms with E-state index < -0.39 is 0 Å².